The third-order valence-corrected chi connectivity index (χ3v) is 5.55. The highest BCUT2D eigenvalue weighted by atomic mass is 32.1. The van der Waals surface area contributed by atoms with E-state index >= 15 is 0 Å². The molecule has 0 radical (unpaired) electrons. The SMILES string of the molecule is [2H]c1c([2H])c([2H])c(Nc2ccc3c(c2)sc2c(-c4ccccc4)cccc23)c([2H])c1[2H]. The third-order valence-electron chi connectivity index (χ3n) is 4.35. The predicted octanol–water partition coefficient (Wildman–Crippen LogP) is 7.47. The average Bonchev–Trinajstić information content (AvgIpc) is 3.17. The summed E-state index contributed by atoms with van der Waals surface area (Å²) in [6.07, 6.45) is 0. The lowest BCUT2D eigenvalue weighted by Gasteiger charge is -2.06. The van der Waals surface area contributed by atoms with Crippen molar-refractivity contribution in [3.8, 4) is 11.1 Å². The first-order valence-corrected chi connectivity index (χ1v) is 9.12. The number of thiophene rings is 1. The van der Waals surface area contributed by atoms with Gasteiger partial charge in [-0.3, -0.25) is 0 Å². The van der Waals surface area contributed by atoms with Crippen LogP contribution in [0, 0.1) is 0 Å². The second-order valence-corrected chi connectivity index (χ2v) is 7.04. The van der Waals surface area contributed by atoms with Gasteiger partial charge < -0.3 is 5.32 Å². The fourth-order valence-corrected chi connectivity index (χ4v) is 4.46. The molecule has 1 nitrogen and oxygen atoms in total. The van der Waals surface area contributed by atoms with Crippen LogP contribution in [0.2, 0.25) is 0 Å². The minimum Gasteiger partial charge on any atom is -0.355 e. The molecular formula is C24H17NS. The summed E-state index contributed by atoms with van der Waals surface area (Å²) in [7, 11) is 0. The van der Waals surface area contributed by atoms with Crippen LogP contribution in [-0.2, 0) is 0 Å². The van der Waals surface area contributed by atoms with E-state index in [9.17, 15) is 0 Å². The van der Waals surface area contributed by atoms with E-state index < -0.39 is 6.04 Å². The minimum absolute atomic E-state index is 0.0800. The Labute approximate surface area is 163 Å². The summed E-state index contributed by atoms with van der Waals surface area (Å²) >= 11 is 1.69. The molecule has 0 spiro atoms. The molecular weight excluding hydrogens is 334 g/mol. The van der Waals surface area contributed by atoms with Crippen molar-refractivity contribution in [3.05, 3.63) is 96.9 Å². The molecule has 5 rings (SSSR count). The van der Waals surface area contributed by atoms with Gasteiger partial charge in [0.25, 0.3) is 0 Å². The van der Waals surface area contributed by atoms with Gasteiger partial charge in [-0.05, 0) is 35.3 Å². The lowest BCUT2D eigenvalue weighted by molar-refractivity contribution is 1.57. The van der Waals surface area contributed by atoms with Gasteiger partial charge in [-0.2, -0.15) is 0 Å². The van der Waals surface area contributed by atoms with Crippen LogP contribution in [0.1, 0.15) is 6.85 Å². The lowest BCUT2D eigenvalue weighted by atomic mass is 10.0. The van der Waals surface area contributed by atoms with Crippen molar-refractivity contribution >= 4 is 42.9 Å². The van der Waals surface area contributed by atoms with Crippen LogP contribution in [0.25, 0.3) is 31.3 Å². The van der Waals surface area contributed by atoms with E-state index in [1.54, 1.807) is 11.3 Å². The number of nitrogens with one attached hydrogen (secondary N) is 1. The Morgan fingerprint density at radius 1 is 0.731 bits per heavy atom. The summed E-state index contributed by atoms with van der Waals surface area (Å²) in [5, 5.41) is 5.35. The maximum absolute atomic E-state index is 8.13. The van der Waals surface area contributed by atoms with E-state index in [1.807, 2.05) is 36.4 Å². The summed E-state index contributed by atoms with van der Waals surface area (Å²) < 4.78 is 42.0. The van der Waals surface area contributed by atoms with Crippen LogP contribution in [0.4, 0.5) is 11.4 Å². The number of anilines is 2. The van der Waals surface area contributed by atoms with E-state index in [0.717, 1.165) is 15.6 Å². The zero-order valence-electron chi connectivity index (χ0n) is 18.8. The van der Waals surface area contributed by atoms with Gasteiger partial charge in [-0.15, -0.1) is 11.3 Å². The first-order valence-electron chi connectivity index (χ1n) is 10.8. The van der Waals surface area contributed by atoms with Crippen molar-refractivity contribution in [2.24, 2.45) is 0 Å². The quantitative estimate of drug-likeness (QED) is 0.353. The zero-order chi connectivity index (χ0) is 21.7. The second kappa shape index (κ2) is 6.32. The van der Waals surface area contributed by atoms with E-state index in [1.165, 1.54) is 15.6 Å². The van der Waals surface area contributed by atoms with E-state index in [4.69, 9.17) is 6.85 Å². The molecule has 0 aliphatic rings. The summed E-state index contributed by atoms with van der Waals surface area (Å²) in [6, 6.07) is 20.9. The minimum atomic E-state index is -0.394. The van der Waals surface area contributed by atoms with Crippen LogP contribution >= 0.6 is 11.3 Å². The van der Waals surface area contributed by atoms with Crippen LogP contribution in [0.3, 0.4) is 0 Å². The van der Waals surface area contributed by atoms with Gasteiger partial charge in [0.15, 0.2) is 0 Å². The summed E-state index contributed by atoms with van der Waals surface area (Å²) in [6.45, 7) is 0. The van der Waals surface area contributed by atoms with Crippen LogP contribution in [-0.4, -0.2) is 0 Å². The summed E-state index contributed by atoms with van der Waals surface area (Å²) in [5.41, 5.74) is 3.10. The summed E-state index contributed by atoms with van der Waals surface area (Å²) in [4.78, 5) is 0. The topological polar surface area (TPSA) is 12.0 Å². The Morgan fingerprint density at radius 3 is 2.42 bits per heavy atom. The maximum Gasteiger partial charge on any atom is 0.0645 e. The van der Waals surface area contributed by atoms with Crippen molar-refractivity contribution in [1.82, 2.24) is 0 Å². The van der Waals surface area contributed by atoms with Crippen molar-refractivity contribution in [2.75, 3.05) is 5.32 Å². The lowest BCUT2D eigenvalue weighted by Crippen LogP contribution is -1.88. The molecule has 26 heavy (non-hydrogen) atoms. The van der Waals surface area contributed by atoms with Crippen molar-refractivity contribution in [2.45, 2.75) is 0 Å². The molecule has 0 aliphatic heterocycles. The Kier molecular flexibility index (Phi) is 2.62. The molecule has 0 saturated heterocycles. The first kappa shape index (κ1) is 10.8. The number of benzene rings is 4. The fourth-order valence-electron chi connectivity index (χ4n) is 3.18. The third kappa shape index (κ3) is 2.65. The molecule has 0 unspecified atom stereocenters. The van der Waals surface area contributed by atoms with Crippen molar-refractivity contribution < 1.29 is 6.85 Å². The number of rotatable bonds is 3. The normalized spacial score (nSPS) is 13.8. The molecule has 0 atom stereocenters. The van der Waals surface area contributed by atoms with Crippen LogP contribution in [0.5, 0.6) is 0 Å². The fraction of sp³-hybridized carbons (Fsp3) is 0. The van der Waals surface area contributed by atoms with Gasteiger partial charge in [0.1, 0.15) is 0 Å². The Balaban J connectivity index is 1.63. The second-order valence-electron chi connectivity index (χ2n) is 5.99. The highest BCUT2D eigenvalue weighted by Crippen LogP contribution is 2.40. The number of hydrogen-bond acceptors (Lipinski definition) is 2. The molecule has 1 heterocycles. The highest BCUT2D eigenvalue weighted by Gasteiger charge is 2.10. The number of para-hydroxylation sites is 1. The highest BCUT2D eigenvalue weighted by molar-refractivity contribution is 7.26. The average molecular weight is 357 g/mol. The molecule has 0 bridgehead atoms. The van der Waals surface area contributed by atoms with Gasteiger partial charge in [0, 0.05) is 31.5 Å². The predicted molar refractivity (Wildman–Crippen MR) is 114 cm³/mol. The Morgan fingerprint density at radius 2 is 1.58 bits per heavy atom. The zero-order valence-corrected chi connectivity index (χ0v) is 14.6. The largest absolute Gasteiger partial charge is 0.355 e. The van der Waals surface area contributed by atoms with Gasteiger partial charge in [0.2, 0.25) is 0 Å². The molecule has 1 N–H and O–H groups in total. The van der Waals surface area contributed by atoms with E-state index in [-0.39, 0.29) is 29.9 Å². The monoisotopic (exact) mass is 356 g/mol. The molecule has 124 valence electrons. The first-order chi connectivity index (χ1) is 15.0. The molecule has 0 amide bonds. The molecule has 0 fully saturated rings. The van der Waals surface area contributed by atoms with Crippen molar-refractivity contribution in [3.63, 3.8) is 0 Å². The van der Waals surface area contributed by atoms with Crippen LogP contribution in [0.15, 0.2) is 96.9 Å². The van der Waals surface area contributed by atoms with Crippen LogP contribution < -0.4 is 5.32 Å². The van der Waals surface area contributed by atoms with Gasteiger partial charge in [-0.25, -0.2) is 0 Å². The van der Waals surface area contributed by atoms with Gasteiger partial charge in [-0.1, -0.05) is 72.7 Å². The Hall–Kier alpha value is -3.10. The number of hydrogen-bond donors (Lipinski definition) is 1. The molecule has 2 heteroatoms. The standard InChI is InChI=1S/C24H17NS/c1-3-8-17(9-4-1)20-12-7-13-22-21-15-14-19(16-23(21)26-24(20)22)25-18-10-5-2-6-11-18/h1-16,25H/i2D,5D,6D,10D,11D. The molecule has 1 aromatic heterocycles. The van der Waals surface area contributed by atoms with E-state index in [2.05, 4.69) is 35.6 Å². The number of fused-ring (bicyclic) bond motifs is 3. The van der Waals surface area contributed by atoms with E-state index in [0.29, 0.717) is 5.69 Å². The van der Waals surface area contributed by atoms with Crippen molar-refractivity contribution in [1.29, 1.82) is 0 Å². The summed E-state index contributed by atoms with van der Waals surface area (Å²) in [5.74, 6) is 0. The van der Waals surface area contributed by atoms with Gasteiger partial charge in [0.05, 0.1) is 6.85 Å². The molecule has 0 aliphatic carbocycles. The molecule has 0 saturated carbocycles. The van der Waals surface area contributed by atoms with Gasteiger partial charge >= 0.3 is 0 Å². The molecule has 4 aromatic carbocycles. The molecule has 5 aromatic rings. The smallest absolute Gasteiger partial charge is 0.0645 e. The maximum atomic E-state index is 8.13. The Bertz CT molecular complexity index is 1430.